The summed E-state index contributed by atoms with van der Waals surface area (Å²) >= 11 is 1.53. The summed E-state index contributed by atoms with van der Waals surface area (Å²) in [4.78, 5) is 5.40. The molecule has 98 valence electrons. The first kappa shape index (κ1) is 13.6. The highest BCUT2D eigenvalue weighted by Crippen LogP contribution is 2.29. The monoisotopic (exact) mass is 271 g/mol. The van der Waals surface area contributed by atoms with E-state index in [-0.39, 0.29) is 5.84 Å². The first-order valence-corrected chi connectivity index (χ1v) is 6.97. The van der Waals surface area contributed by atoms with Crippen molar-refractivity contribution in [2.45, 2.75) is 29.7 Å². The zero-order chi connectivity index (χ0) is 13.8. The molecule has 2 aromatic rings. The van der Waals surface area contributed by atoms with Gasteiger partial charge in [0.05, 0.1) is 0 Å². The van der Waals surface area contributed by atoms with Crippen LogP contribution in [0.15, 0.2) is 52.5 Å². The van der Waals surface area contributed by atoms with Crippen LogP contribution in [0, 0.1) is 5.41 Å². The summed E-state index contributed by atoms with van der Waals surface area (Å²) in [7, 11) is 0. The summed E-state index contributed by atoms with van der Waals surface area (Å²) in [6, 6.07) is 12.0. The fraction of sp³-hybridized carbons (Fsp3) is 0.200. The van der Waals surface area contributed by atoms with E-state index in [0.29, 0.717) is 11.5 Å². The highest BCUT2D eigenvalue weighted by molar-refractivity contribution is 7.99. The average molecular weight is 271 g/mol. The van der Waals surface area contributed by atoms with Gasteiger partial charge in [-0.3, -0.25) is 5.41 Å². The molecule has 0 saturated carbocycles. The molecule has 0 fully saturated rings. The number of hydrogen-bond donors (Lipinski definition) is 2. The van der Waals surface area contributed by atoms with Crippen molar-refractivity contribution < 1.29 is 0 Å². The predicted octanol–water partition coefficient (Wildman–Crippen LogP) is 3.64. The molecule has 0 saturated heterocycles. The van der Waals surface area contributed by atoms with E-state index in [1.165, 1.54) is 17.3 Å². The molecule has 0 radical (unpaired) electrons. The summed E-state index contributed by atoms with van der Waals surface area (Å²) in [5.74, 6) is 0.580. The van der Waals surface area contributed by atoms with Crippen LogP contribution in [0.2, 0.25) is 0 Å². The Morgan fingerprint density at radius 1 is 1.21 bits per heavy atom. The van der Waals surface area contributed by atoms with E-state index < -0.39 is 0 Å². The van der Waals surface area contributed by atoms with E-state index in [0.717, 1.165) is 9.92 Å². The quantitative estimate of drug-likeness (QED) is 0.659. The van der Waals surface area contributed by atoms with Crippen molar-refractivity contribution in [3.05, 3.63) is 53.7 Å². The minimum Gasteiger partial charge on any atom is -0.384 e. The first-order valence-electron chi connectivity index (χ1n) is 6.15. The Labute approximate surface area is 117 Å². The maximum Gasteiger partial charge on any atom is 0.125 e. The molecule has 19 heavy (non-hydrogen) atoms. The van der Waals surface area contributed by atoms with E-state index in [2.05, 4.69) is 43.1 Å². The lowest BCUT2D eigenvalue weighted by Gasteiger charge is -2.08. The number of benzene rings is 1. The molecule has 0 unspecified atom stereocenters. The summed E-state index contributed by atoms with van der Waals surface area (Å²) in [5.41, 5.74) is 7.56. The molecule has 3 nitrogen and oxygen atoms in total. The smallest absolute Gasteiger partial charge is 0.125 e. The third-order valence-electron chi connectivity index (χ3n) is 2.82. The summed E-state index contributed by atoms with van der Waals surface area (Å²) in [5, 5.41) is 8.33. The Balaban J connectivity index is 2.24. The van der Waals surface area contributed by atoms with Crippen LogP contribution >= 0.6 is 11.8 Å². The van der Waals surface area contributed by atoms with E-state index in [1.807, 2.05) is 6.07 Å². The fourth-order valence-corrected chi connectivity index (χ4v) is 2.61. The van der Waals surface area contributed by atoms with Gasteiger partial charge in [0.1, 0.15) is 10.9 Å². The van der Waals surface area contributed by atoms with Gasteiger partial charge in [-0.05, 0) is 35.7 Å². The normalized spacial score (nSPS) is 10.7. The Bertz CT molecular complexity index is 576. The topological polar surface area (TPSA) is 62.8 Å². The SMILES string of the molecule is CC(C)c1ccc(Sc2ncccc2C(=N)N)cc1. The number of amidine groups is 1. The van der Waals surface area contributed by atoms with Crippen molar-refractivity contribution in [3.63, 3.8) is 0 Å². The molecule has 0 aliphatic rings. The Morgan fingerprint density at radius 2 is 1.89 bits per heavy atom. The van der Waals surface area contributed by atoms with Gasteiger partial charge in [-0.15, -0.1) is 0 Å². The molecular weight excluding hydrogens is 254 g/mol. The minimum absolute atomic E-state index is 0.0504. The van der Waals surface area contributed by atoms with Crippen LogP contribution in [-0.2, 0) is 0 Å². The highest BCUT2D eigenvalue weighted by Gasteiger charge is 2.08. The molecule has 3 N–H and O–H groups in total. The zero-order valence-corrected chi connectivity index (χ0v) is 11.9. The van der Waals surface area contributed by atoms with Crippen molar-refractivity contribution in [1.29, 1.82) is 5.41 Å². The molecule has 1 aromatic heterocycles. The van der Waals surface area contributed by atoms with Crippen molar-refractivity contribution in [2.24, 2.45) is 5.73 Å². The molecule has 0 aliphatic carbocycles. The molecule has 0 atom stereocenters. The highest BCUT2D eigenvalue weighted by atomic mass is 32.2. The lowest BCUT2D eigenvalue weighted by Crippen LogP contribution is -2.12. The summed E-state index contributed by atoms with van der Waals surface area (Å²) in [6.07, 6.45) is 1.72. The van der Waals surface area contributed by atoms with E-state index in [9.17, 15) is 0 Å². The predicted molar refractivity (Wildman–Crippen MR) is 79.9 cm³/mol. The van der Waals surface area contributed by atoms with Crippen LogP contribution in [0.25, 0.3) is 0 Å². The van der Waals surface area contributed by atoms with Crippen molar-refractivity contribution in [1.82, 2.24) is 4.98 Å². The van der Waals surface area contributed by atoms with Gasteiger partial charge in [-0.25, -0.2) is 4.98 Å². The van der Waals surface area contributed by atoms with Gasteiger partial charge in [-0.2, -0.15) is 0 Å². The second-order valence-electron chi connectivity index (χ2n) is 4.60. The number of rotatable bonds is 4. The third-order valence-corrected chi connectivity index (χ3v) is 3.85. The van der Waals surface area contributed by atoms with Crippen molar-refractivity contribution >= 4 is 17.6 Å². The average Bonchev–Trinajstić information content (AvgIpc) is 2.39. The van der Waals surface area contributed by atoms with Gasteiger partial charge in [0, 0.05) is 16.7 Å². The molecule has 4 heteroatoms. The number of pyridine rings is 1. The lowest BCUT2D eigenvalue weighted by molar-refractivity contribution is 0.865. The summed E-state index contributed by atoms with van der Waals surface area (Å²) in [6.45, 7) is 4.35. The number of nitrogens with two attached hydrogens (primary N) is 1. The Kier molecular flexibility index (Phi) is 4.22. The van der Waals surface area contributed by atoms with Gasteiger partial charge in [0.25, 0.3) is 0 Å². The van der Waals surface area contributed by atoms with Crippen LogP contribution in [0.5, 0.6) is 0 Å². The largest absolute Gasteiger partial charge is 0.384 e. The minimum atomic E-state index is 0.0504. The number of nitrogens with zero attached hydrogens (tertiary/aromatic N) is 1. The Hall–Kier alpha value is -1.81. The van der Waals surface area contributed by atoms with Crippen molar-refractivity contribution in [2.75, 3.05) is 0 Å². The number of nitrogen functional groups attached to an aromatic ring is 1. The van der Waals surface area contributed by atoms with Gasteiger partial charge in [0.15, 0.2) is 0 Å². The first-order chi connectivity index (χ1) is 9.08. The van der Waals surface area contributed by atoms with E-state index >= 15 is 0 Å². The van der Waals surface area contributed by atoms with Crippen LogP contribution < -0.4 is 5.73 Å². The second-order valence-corrected chi connectivity index (χ2v) is 5.66. The van der Waals surface area contributed by atoms with Gasteiger partial charge in [-0.1, -0.05) is 37.7 Å². The van der Waals surface area contributed by atoms with Gasteiger partial charge >= 0.3 is 0 Å². The molecule has 1 aromatic carbocycles. The van der Waals surface area contributed by atoms with Crippen LogP contribution in [-0.4, -0.2) is 10.8 Å². The van der Waals surface area contributed by atoms with Crippen molar-refractivity contribution in [3.8, 4) is 0 Å². The van der Waals surface area contributed by atoms with Crippen LogP contribution in [0.4, 0.5) is 0 Å². The van der Waals surface area contributed by atoms with Gasteiger partial charge in [0.2, 0.25) is 0 Å². The zero-order valence-electron chi connectivity index (χ0n) is 11.1. The van der Waals surface area contributed by atoms with E-state index in [1.54, 1.807) is 12.3 Å². The van der Waals surface area contributed by atoms with Crippen LogP contribution in [0.3, 0.4) is 0 Å². The number of aromatic nitrogens is 1. The Morgan fingerprint density at radius 3 is 2.47 bits per heavy atom. The molecule has 2 rings (SSSR count). The number of hydrogen-bond acceptors (Lipinski definition) is 3. The molecule has 1 heterocycles. The number of nitrogens with one attached hydrogen (secondary N) is 1. The molecule has 0 bridgehead atoms. The fourth-order valence-electron chi connectivity index (χ4n) is 1.71. The lowest BCUT2D eigenvalue weighted by atomic mass is 10.0. The van der Waals surface area contributed by atoms with Crippen LogP contribution in [0.1, 0.15) is 30.9 Å². The van der Waals surface area contributed by atoms with Gasteiger partial charge < -0.3 is 5.73 Å². The maximum absolute atomic E-state index is 7.56. The summed E-state index contributed by atoms with van der Waals surface area (Å²) < 4.78 is 0. The third kappa shape index (κ3) is 3.35. The standard InChI is InChI=1S/C15H17N3S/c1-10(2)11-5-7-12(8-6-11)19-15-13(14(16)17)4-3-9-18-15/h3-10H,1-2H3,(H3,16,17). The van der Waals surface area contributed by atoms with E-state index in [4.69, 9.17) is 11.1 Å². The second kappa shape index (κ2) is 5.89. The molecule has 0 amide bonds. The molecular formula is C15H17N3S. The molecule has 0 spiro atoms. The maximum atomic E-state index is 7.56. The molecule has 0 aliphatic heterocycles.